The van der Waals surface area contributed by atoms with Crippen LogP contribution >= 0.6 is 35.1 Å². The van der Waals surface area contributed by atoms with Crippen LogP contribution in [0, 0.1) is 22.7 Å². The Labute approximate surface area is 158 Å². The highest BCUT2D eigenvalue weighted by Gasteiger charge is 2.07. The monoisotopic (exact) mass is 380 g/mol. The van der Waals surface area contributed by atoms with Crippen LogP contribution in [0.1, 0.15) is 11.1 Å². The number of rotatable bonds is 4. The molecular formula is C18H9ClN4S2. The Morgan fingerprint density at radius 1 is 0.720 bits per heavy atom. The number of nitrogens with zero attached hydrogens (tertiary/aromatic N) is 4. The first kappa shape index (κ1) is 17.3. The predicted molar refractivity (Wildman–Crippen MR) is 97.6 cm³/mol. The van der Waals surface area contributed by atoms with Gasteiger partial charge in [0.05, 0.1) is 23.3 Å². The Hall–Kier alpha value is -2.51. The summed E-state index contributed by atoms with van der Waals surface area (Å²) < 4.78 is 0. The second kappa shape index (κ2) is 8.04. The zero-order valence-electron chi connectivity index (χ0n) is 12.7. The van der Waals surface area contributed by atoms with Crippen LogP contribution < -0.4 is 0 Å². The molecule has 0 saturated heterocycles. The molecule has 0 fully saturated rings. The average Bonchev–Trinajstić information content (AvgIpc) is 2.62. The minimum atomic E-state index is 0.176. The minimum Gasteiger partial charge on any atom is -0.211 e. The highest BCUT2D eigenvalue weighted by atomic mass is 35.5. The molecule has 0 aliphatic carbocycles. The van der Waals surface area contributed by atoms with Crippen molar-refractivity contribution in [3.8, 4) is 12.1 Å². The van der Waals surface area contributed by atoms with Gasteiger partial charge in [-0.05, 0) is 60.1 Å². The van der Waals surface area contributed by atoms with E-state index in [-0.39, 0.29) is 5.28 Å². The van der Waals surface area contributed by atoms with Crippen LogP contribution in [-0.4, -0.2) is 9.97 Å². The number of nitriles is 2. The smallest absolute Gasteiger partial charge is 0.211 e. The quantitative estimate of drug-likeness (QED) is 0.459. The largest absolute Gasteiger partial charge is 0.224 e. The van der Waals surface area contributed by atoms with Gasteiger partial charge in [0, 0.05) is 15.9 Å². The van der Waals surface area contributed by atoms with Crippen molar-refractivity contribution in [2.45, 2.75) is 19.8 Å². The van der Waals surface area contributed by atoms with E-state index in [9.17, 15) is 0 Å². The molecule has 0 atom stereocenters. The molecule has 0 radical (unpaired) electrons. The van der Waals surface area contributed by atoms with E-state index in [0.717, 1.165) is 19.8 Å². The van der Waals surface area contributed by atoms with Crippen molar-refractivity contribution in [3.63, 3.8) is 0 Å². The molecule has 0 bridgehead atoms. The summed E-state index contributed by atoms with van der Waals surface area (Å²) in [7, 11) is 0. The van der Waals surface area contributed by atoms with Gasteiger partial charge in [-0.3, -0.25) is 0 Å². The van der Waals surface area contributed by atoms with Gasteiger partial charge < -0.3 is 0 Å². The van der Waals surface area contributed by atoms with E-state index >= 15 is 0 Å². The van der Waals surface area contributed by atoms with Gasteiger partial charge in [0.25, 0.3) is 0 Å². The molecule has 4 nitrogen and oxygen atoms in total. The van der Waals surface area contributed by atoms with Crippen LogP contribution in [0.15, 0.2) is 74.4 Å². The first-order chi connectivity index (χ1) is 12.2. The summed E-state index contributed by atoms with van der Waals surface area (Å²) in [5.41, 5.74) is 1.23. The van der Waals surface area contributed by atoms with Gasteiger partial charge in [0.15, 0.2) is 0 Å². The molecule has 3 rings (SSSR count). The summed E-state index contributed by atoms with van der Waals surface area (Å²) in [4.78, 5) is 10.4. The molecule has 7 heteroatoms. The maximum atomic E-state index is 8.85. The zero-order valence-corrected chi connectivity index (χ0v) is 15.1. The molecule has 0 saturated carbocycles. The van der Waals surface area contributed by atoms with E-state index in [0.29, 0.717) is 11.1 Å². The van der Waals surface area contributed by atoms with Gasteiger partial charge in [-0.2, -0.15) is 10.5 Å². The standard InChI is InChI=1S/C18H9ClN4S2/c19-18-22-16(24-14-5-1-12(10-20)2-6-14)9-17(23-18)25-15-7-3-13(11-21)4-8-15/h1-9H. The van der Waals surface area contributed by atoms with Crippen LogP contribution in [0.5, 0.6) is 0 Å². The van der Waals surface area contributed by atoms with Crippen molar-refractivity contribution in [1.29, 1.82) is 10.5 Å². The fourth-order valence-corrected chi connectivity index (χ4v) is 3.91. The fraction of sp³-hybridized carbons (Fsp3) is 0. The van der Waals surface area contributed by atoms with E-state index in [1.807, 2.05) is 30.3 Å². The third kappa shape index (κ3) is 4.74. The van der Waals surface area contributed by atoms with E-state index in [4.69, 9.17) is 22.1 Å². The lowest BCUT2D eigenvalue weighted by Gasteiger charge is -2.05. The number of halogens is 1. The summed E-state index contributed by atoms with van der Waals surface area (Å²) in [5, 5.41) is 19.3. The molecule has 0 aliphatic rings. The lowest BCUT2D eigenvalue weighted by Crippen LogP contribution is -1.89. The predicted octanol–water partition coefficient (Wildman–Crippen LogP) is 5.18. The lowest BCUT2D eigenvalue weighted by molar-refractivity contribution is 0.964. The van der Waals surface area contributed by atoms with Crippen LogP contribution in [-0.2, 0) is 0 Å². The van der Waals surface area contributed by atoms with Gasteiger partial charge in [0.1, 0.15) is 10.1 Å². The number of hydrogen-bond donors (Lipinski definition) is 0. The maximum absolute atomic E-state index is 8.85. The highest BCUT2D eigenvalue weighted by Crippen LogP contribution is 2.32. The Balaban J connectivity index is 1.79. The van der Waals surface area contributed by atoms with E-state index < -0.39 is 0 Å². The molecule has 3 aromatic rings. The van der Waals surface area contributed by atoms with Gasteiger partial charge in [-0.25, -0.2) is 9.97 Å². The van der Waals surface area contributed by atoms with Crippen molar-refractivity contribution in [2.75, 3.05) is 0 Å². The molecule has 25 heavy (non-hydrogen) atoms. The summed E-state index contributed by atoms with van der Waals surface area (Å²) in [6, 6.07) is 20.6. The van der Waals surface area contributed by atoms with Gasteiger partial charge in [0.2, 0.25) is 5.28 Å². The van der Waals surface area contributed by atoms with E-state index in [1.165, 1.54) is 23.5 Å². The van der Waals surface area contributed by atoms with Crippen LogP contribution in [0.25, 0.3) is 0 Å². The SMILES string of the molecule is N#Cc1ccc(Sc2cc(Sc3ccc(C#N)cc3)nc(Cl)n2)cc1. The van der Waals surface area contributed by atoms with Gasteiger partial charge >= 0.3 is 0 Å². The summed E-state index contributed by atoms with van der Waals surface area (Å²) >= 11 is 8.94. The second-order valence-electron chi connectivity index (χ2n) is 4.79. The normalized spacial score (nSPS) is 10.0. The molecular weight excluding hydrogens is 372 g/mol. The van der Waals surface area contributed by atoms with Crippen LogP contribution in [0.4, 0.5) is 0 Å². The Bertz CT molecular complexity index is 896. The Kier molecular flexibility index (Phi) is 5.57. The van der Waals surface area contributed by atoms with Crippen LogP contribution in [0.3, 0.4) is 0 Å². The third-order valence-electron chi connectivity index (χ3n) is 3.06. The molecule has 120 valence electrons. The summed E-state index contributed by atoms with van der Waals surface area (Å²) in [5.74, 6) is 0. The Morgan fingerprint density at radius 2 is 1.12 bits per heavy atom. The van der Waals surface area contributed by atoms with E-state index in [1.54, 1.807) is 24.3 Å². The number of hydrogen-bond acceptors (Lipinski definition) is 6. The number of benzene rings is 2. The second-order valence-corrected chi connectivity index (χ2v) is 7.32. The van der Waals surface area contributed by atoms with Crippen molar-refractivity contribution in [2.24, 2.45) is 0 Å². The van der Waals surface area contributed by atoms with Crippen molar-refractivity contribution < 1.29 is 0 Å². The third-order valence-corrected chi connectivity index (χ3v) is 5.08. The molecule has 0 N–H and O–H groups in total. The molecule has 0 spiro atoms. The molecule has 1 aromatic heterocycles. The van der Waals surface area contributed by atoms with Gasteiger partial charge in [-0.15, -0.1) is 0 Å². The molecule has 0 unspecified atom stereocenters. The van der Waals surface area contributed by atoms with Crippen molar-refractivity contribution in [1.82, 2.24) is 9.97 Å². The first-order valence-electron chi connectivity index (χ1n) is 7.07. The zero-order chi connectivity index (χ0) is 17.6. The minimum absolute atomic E-state index is 0.176. The van der Waals surface area contributed by atoms with Gasteiger partial charge in [-0.1, -0.05) is 23.5 Å². The highest BCUT2D eigenvalue weighted by molar-refractivity contribution is 8.00. The topological polar surface area (TPSA) is 73.4 Å². The Morgan fingerprint density at radius 3 is 1.48 bits per heavy atom. The average molecular weight is 381 g/mol. The lowest BCUT2D eigenvalue weighted by atomic mass is 10.2. The molecule has 2 aromatic carbocycles. The molecule has 1 heterocycles. The summed E-state index contributed by atoms with van der Waals surface area (Å²) in [6.45, 7) is 0. The van der Waals surface area contributed by atoms with E-state index in [2.05, 4.69) is 22.1 Å². The van der Waals surface area contributed by atoms with Crippen molar-refractivity contribution >= 4 is 35.1 Å². The maximum Gasteiger partial charge on any atom is 0.224 e. The first-order valence-corrected chi connectivity index (χ1v) is 9.08. The van der Waals surface area contributed by atoms with Crippen molar-refractivity contribution in [3.05, 3.63) is 71.0 Å². The van der Waals surface area contributed by atoms with Crippen LogP contribution in [0.2, 0.25) is 5.28 Å². The summed E-state index contributed by atoms with van der Waals surface area (Å²) in [6.07, 6.45) is 0. The number of aromatic nitrogens is 2. The molecule has 0 aliphatic heterocycles. The fourth-order valence-electron chi connectivity index (χ4n) is 1.92. The molecule has 0 amide bonds.